The summed E-state index contributed by atoms with van der Waals surface area (Å²) in [5, 5.41) is 0. The first-order valence-electron chi connectivity index (χ1n) is 5.60. The summed E-state index contributed by atoms with van der Waals surface area (Å²) in [7, 11) is 0. The summed E-state index contributed by atoms with van der Waals surface area (Å²) < 4.78 is 10.6. The number of hydrogen-bond acceptors (Lipinski definition) is 4. The van der Waals surface area contributed by atoms with Crippen LogP contribution in [-0.2, 0) is 14.3 Å². The van der Waals surface area contributed by atoms with Crippen molar-refractivity contribution in [2.75, 3.05) is 0 Å². The molecule has 2 saturated heterocycles. The quantitative estimate of drug-likeness (QED) is 0.575. The number of nitrogens with zero attached hydrogens (tertiary/aromatic N) is 1. The standard InChI is InChI=1S/C11H15NO4/c1-11(2,3)16-10(14)12-6-4-5(9(12)13)7-8(6)15-7/h5-8H,4H2,1-3H3/t5-,6+,7+,8-/m1/s1. The fourth-order valence-corrected chi connectivity index (χ4v) is 2.67. The summed E-state index contributed by atoms with van der Waals surface area (Å²) in [5.41, 5.74) is -0.566. The Kier molecular flexibility index (Phi) is 1.74. The highest BCUT2D eigenvalue weighted by Gasteiger charge is 2.68. The predicted molar refractivity (Wildman–Crippen MR) is 53.6 cm³/mol. The van der Waals surface area contributed by atoms with E-state index in [1.54, 1.807) is 20.8 Å². The van der Waals surface area contributed by atoms with E-state index in [2.05, 4.69) is 0 Å². The van der Waals surface area contributed by atoms with Crippen molar-refractivity contribution >= 4 is 12.0 Å². The normalized spacial score (nSPS) is 39.9. The maximum atomic E-state index is 11.9. The van der Waals surface area contributed by atoms with Gasteiger partial charge in [0, 0.05) is 0 Å². The van der Waals surface area contributed by atoms with Crippen LogP contribution < -0.4 is 0 Å². The van der Waals surface area contributed by atoms with Gasteiger partial charge in [-0.15, -0.1) is 0 Å². The molecule has 3 rings (SSSR count). The number of rotatable bonds is 0. The second-order valence-corrected chi connectivity index (χ2v) is 5.66. The fraction of sp³-hybridized carbons (Fsp3) is 0.818. The van der Waals surface area contributed by atoms with Gasteiger partial charge < -0.3 is 9.47 Å². The smallest absolute Gasteiger partial charge is 0.417 e. The van der Waals surface area contributed by atoms with E-state index in [0.29, 0.717) is 0 Å². The Bertz CT molecular complexity index is 373. The summed E-state index contributed by atoms with van der Waals surface area (Å²) in [6.07, 6.45) is 0.373. The minimum absolute atomic E-state index is 0.0789. The first-order chi connectivity index (χ1) is 7.38. The maximum Gasteiger partial charge on any atom is 0.417 e. The Morgan fingerprint density at radius 2 is 2.12 bits per heavy atom. The molecule has 3 aliphatic rings. The molecule has 1 aliphatic carbocycles. The number of likely N-dealkylation sites (tertiary alicyclic amines) is 1. The van der Waals surface area contributed by atoms with Crippen LogP contribution >= 0.6 is 0 Å². The molecule has 4 atom stereocenters. The lowest BCUT2D eigenvalue weighted by molar-refractivity contribution is -0.132. The number of ether oxygens (including phenoxy) is 2. The van der Waals surface area contributed by atoms with Crippen molar-refractivity contribution in [3.8, 4) is 0 Å². The zero-order chi connectivity index (χ0) is 11.7. The van der Waals surface area contributed by atoms with Crippen molar-refractivity contribution in [1.29, 1.82) is 0 Å². The Balaban J connectivity index is 1.76. The molecular weight excluding hydrogens is 210 g/mol. The molecule has 2 heterocycles. The number of carbonyl (C=O) groups is 2. The molecule has 0 aromatic heterocycles. The zero-order valence-electron chi connectivity index (χ0n) is 9.60. The van der Waals surface area contributed by atoms with Crippen LogP contribution in [0.2, 0.25) is 0 Å². The molecule has 2 aliphatic heterocycles. The lowest BCUT2D eigenvalue weighted by atomic mass is 10.1. The molecule has 2 bridgehead atoms. The molecule has 5 heteroatoms. The van der Waals surface area contributed by atoms with Crippen LogP contribution in [0.15, 0.2) is 0 Å². The monoisotopic (exact) mass is 225 g/mol. The van der Waals surface area contributed by atoms with Gasteiger partial charge in [-0.3, -0.25) is 4.79 Å². The highest BCUT2D eigenvalue weighted by molar-refractivity contribution is 5.97. The van der Waals surface area contributed by atoms with Crippen molar-refractivity contribution in [2.24, 2.45) is 5.92 Å². The maximum absolute atomic E-state index is 11.9. The van der Waals surface area contributed by atoms with Crippen molar-refractivity contribution in [2.45, 2.75) is 51.0 Å². The molecule has 0 N–H and O–H groups in total. The first kappa shape index (κ1) is 10.1. The van der Waals surface area contributed by atoms with E-state index >= 15 is 0 Å². The van der Waals surface area contributed by atoms with E-state index in [0.717, 1.165) is 6.42 Å². The van der Waals surface area contributed by atoms with Crippen molar-refractivity contribution in [1.82, 2.24) is 4.90 Å². The average molecular weight is 225 g/mol. The molecule has 0 unspecified atom stereocenters. The number of fused-ring (bicyclic) bond motifs is 5. The molecule has 3 fully saturated rings. The van der Waals surface area contributed by atoms with Gasteiger partial charge in [-0.25, -0.2) is 9.69 Å². The summed E-state index contributed by atoms with van der Waals surface area (Å²) >= 11 is 0. The van der Waals surface area contributed by atoms with E-state index in [1.807, 2.05) is 0 Å². The zero-order valence-corrected chi connectivity index (χ0v) is 9.60. The second-order valence-electron chi connectivity index (χ2n) is 5.66. The molecule has 0 aromatic carbocycles. The Labute approximate surface area is 93.7 Å². The average Bonchev–Trinajstić information content (AvgIpc) is 2.74. The van der Waals surface area contributed by atoms with Crippen LogP contribution in [0, 0.1) is 5.92 Å². The van der Waals surface area contributed by atoms with Gasteiger partial charge in [0.15, 0.2) is 0 Å². The minimum Gasteiger partial charge on any atom is -0.443 e. The Morgan fingerprint density at radius 3 is 2.69 bits per heavy atom. The predicted octanol–water partition coefficient (Wildman–Crippen LogP) is 0.920. The van der Waals surface area contributed by atoms with E-state index in [4.69, 9.17) is 9.47 Å². The molecule has 0 spiro atoms. The molecule has 0 aromatic rings. The van der Waals surface area contributed by atoms with Crippen LogP contribution in [0.1, 0.15) is 27.2 Å². The van der Waals surface area contributed by atoms with Gasteiger partial charge in [0.1, 0.15) is 11.7 Å². The van der Waals surface area contributed by atoms with Gasteiger partial charge >= 0.3 is 6.09 Å². The van der Waals surface area contributed by atoms with Gasteiger partial charge in [-0.05, 0) is 27.2 Å². The van der Waals surface area contributed by atoms with E-state index in [9.17, 15) is 9.59 Å². The van der Waals surface area contributed by atoms with E-state index in [1.165, 1.54) is 4.90 Å². The van der Waals surface area contributed by atoms with Crippen LogP contribution in [0.4, 0.5) is 4.79 Å². The number of hydrogen-bond donors (Lipinski definition) is 0. The minimum atomic E-state index is -0.566. The number of epoxide rings is 1. The Morgan fingerprint density at radius 1 is 1.44 bits per heavy atom. The van der Waals surface area contributed by atoms with Crippen molar-refractivity contribution in [3.63, 3.8) is 0 Å². The lowest BCUT2D eigenvalue weighted by Gasteiger charge is -2.27. The molecule has 2 amide bonds. The molecule has 88 valence electrons. The van der Waals surface area contributed by atoms with Crippen LogP contribution in [-0.4, -0.2) is 40.8 Å². The molecule has 16 heavy (non-hydrogen) atoms. The van der Waals surface area contributed by atoms with Crippen molar-refractivity contribution < 1.29 is 19.1 Å². The number of imide groups is 1. The van der Waals surface area contributed by atoms with Crippen LogP contribution in [0.25, 0.3) is 0 Å². The topological polar surface area (TPSA) is 59.1 Å². The second kappa shape index (κ2) is 2.77. The highest BCUT2D eigenvalue weighted by Crippen LogP contribution is 2.51. The van der Waals surface area contributed by atoms with Crippen LogP contribution in [0.3, 0.4) is 0 Å². The van der Waals surface area contributed by atoms with Gasteiger partial charge in [0.05, 0.1) is 18.1 Å². The number of piperidine rings is 1. The Hall–Kier alpha value is -1.10. The molecule has 1 saturated carbocycles. The summed E-state index contributed by atoms with van der Waals surface area (Å²) in [6, 6.07) is -0.0858. The molecule has 0 radical (unpaired) electrons. The van der Waals surface area contributed by atoms with Gasteiger partial charge in [0.2, 0.25) is 5.91 Å². The van der Waals surface area contributed by atoms with Gasteiger partial charge in [-0.2, -0.15) is 0 Å². The van der Waals surface area contributed by atoms with Crippen LogP contribution in [0.5, 0.6) is 0 Å². The highest BCUT2D eigenvalue weighted by atomic mass is 16.6. The summed E-state index contributed by atoms with van der Waals surface area (Å²) in [5.74, 6) is -0.236. The van der Waals surface area contributed by atoms with Crippen molar-refractivity contribution in [3.05, 3.63) is 0 Å². The largest absolute Gasteiger partial charge is 0.443 e. The third-order valence-electron chi connectivity index (χ3n) is 3.31. The number of carbonyl (C=O) groups excluding carboxylic acids is 2. The lowest BCUT2D eigenvalue weighted by Crippen LogP contribution is -2.47. The molecular formula is C11H15NO4. The number of amides is 2. The fourth-order valence-electron chi connectivity index (χ4n) is 2.67. The summed E-state index contributed by atoms with van der Waals surface area (Å²) in [4.78, 5) is 25.0. The first-order valence-corrected chi connectivity index (χ1v) is 5.60. The SMILES string of the molecule is CC(C)(C)OC(=O)N1C(=O)[C@@H]2C[C@H]1[C@H]1O[C@H]12. The summed E-state index contributed by atoms with van der Waals surface area (Å²) in [6.45, 7) is 5.38. The molecule has 5 nitrogen and oxygen atoms in total. The van der Waals surface area contributed by atoms with Gasteiger partial charge in [-0.1, -0.05) is 0 Å². The van der Waals surface area contributed by atoms with Gasteiger partial charge in [0.25, 0.3) is 0 Å². The van der Waals surface area contributed by atoms with E-state index < -0.39 is 11.7 Å². The van der Waals surface area contributed by atoms with E-state index in [-0.39, 0.29) is 30.1 Å². The third kappa shape index (κ3) is 1.27. The third-order valence-corrected chi connectivity index (χ3v) is 3.31.